The number of rotatable bonds is 35. The van der Waals surface area contributed by atoms with Gasteiger partial charge < -0.3 is 64.2 Å². The molecule has 0 amide bonds. The highest BCUT2D eigenvalue weighted by Gasteiger charge is 2.47. The summed E-state index contributed by atoms with van der Waals surface area (Å²) in [6.07, 6.45) is 20.1. The first kappa shape index (κ1) is 56.6. The molecule has 364 valence electrons. The van der Waals surface area contributed by atoms with Crippen molar-refractivity contribution >= 4 is 11.9 Å². The Balaban J connectivity index is 1.86. The largest absolute Gasteiger partial charge is 0.462 e. The summed E-state index contributed by atoms with van der Waals surface area (Å²) in [5.74, 6) is -0.974. The van der Waals surface area contributed by atoms with E-state index in [0.717, 1.165) is 77.0 Å². The molecule has 0 saturated carbocycles. The number of hydrogen-bond donors (Lipinski definition) is 7. The molecular formula is C48H82O15. The molecule has 63 heavy (non-hydrogen) atoms. The second kappa shape index (κ2) is 35.7. The van der Waals surface area contributed by atoms with Gasteiger partial charge in [-0.05, 0) is 70.6 Å². The minimum atomic E-state index is -1.77. The van der Waals surface area contributed by atoms with Gasteiger partial charge in [-0.3, -0.25) is 9.59 Å². The summed E-state index contributed by atoms with van der Waals surface area (Å²) < 4.78 is 33.4. The van der Waals surface area contributed by atoms with Crippen LogP contribution in [0.4, 0.5) is 0 Å². The van der Waals surface area contributed by atoms with Gasteiger partial charge in [0.2, 0.25) is 0 Å². The molecule has 7 N–H and O–H groups in total. The van der Waals surface area contributed by atoms with Gasteiger partial charge in [-0.1, -0.05) is 114 Å². The van der Waals surface area contributed by atoms with Crippen LogP contribution in [0.3, 0.4) is 0 Å². The standard InChI is InChI=1S/C48H82O15/c1-3-5-7-9-11-13-15-17-19-20-22-24-26-28-30-39(50)58-33-36(61-40(51)31-29-27-25-23-21-18-16-14-12-10-8-6-4-2)34-59-47-46(57)44(55)42(53)38(63-47)35-60-48-45(56)43(54)41(52)37(32-49)62-48/h6,8,12,14-15,17-18,21,36-38,41-49,52-57H,3-5,7,9-11,13,16,19-20,22-35H2,1-2H3/b8-6-,14-12-,17-15-,21-18-. The molecule has 2 saturated heterocycles. The molecule has 0 aromatic heterocycles. The lowest BCUT2D eigenvalue weighted by atomic mass is 9.98. The molecule has 15 nitrogen and oxygen atoms in total. The van der Waals surface area contributed by atoms with Crippen LogP contribution in [0.5, 0.6) is 0 Å². The maximum atomic E-state index is 12.9. The van der Waals surface area contributed by atoms with Gasteiger partial charge in [-0.15, -0.1) is 0 Å². The van der Waals surface area contributed by atoms with E-state index < -0.39 is 99.3 Å². The van der Waals surface area contributed by atoms with Gasteiger partial charge in [0.05, 0.1) is 19.8 Å². The number of aliphatic hydroxyl groups is 7. The summed E-state index contributed by atoms with van der Waals surface area (Å²) in [5.41, 5.74) is 0. The van der Waals surface area contributed by atoms with Crippen LogP contribution < -0.4 is 0 Å². The van der Waals surface area contributed by atoms with Gasteiger partial charge >= 0.3 is 11.9 Å². The molecule has 11 unspecified atom stereocenters. The van der Waals surface area contributed by atoms with Crippen molar-refractivity contribution in [3.8, 4) is 0 Å². The van der Waals surface area contributed by atoms with Crippen LogP contribution in [0, 0.1) is 0 Å². The van der Waals surface area contributed by atoms with Gasteiger partial charge in [-0.25, -0.2) is 0 Å². The fraction of sp³-hybridized carbons (Fsp3) is 0.792. The first-order valence-corrected chi connectivity index (χ1v) is 23.7. The molecule has 0 aliphatic carbocycles. The van der Waals surface area contributed by atoms with Crippen LogP contribution >= 0.6 is 0 Å². The molecule has 0 spiro atoms. The monoisotopic (exact) mass is 899 g/mol. The van der Waals surface area contributed by atoms with Crippen LogP contribution in [0.1, 0.15) is 149 Å². The van der Waals surface area contributed by atoms with Crippen LogP contribution in [0.15, 0.2) is 48.6 Å². The smallest absolute Gasteiger partial charge is 0.306 e. The van der Waals surface area contributed by atoms with Crippen molar-refractivity contribution < 1.29 is 73.8 Å². The zero-order chi connectivity index (χ0) is 46.1. The second-order valence-corrected chi connectivity index (χ2v) is 16.5. The number of esters is 2. The van der Waals surface area contributed by atoms with E-state index in [1.165, 1.54) is 32.1 Å². The Morgan fingerprint density at radius 3 is 1.60 bits per heavy atom. The van der Waals surface area contributed by atoms with Crippen molar-refractivity contribution in [2.45, 2.75) is 216 Å². The van der Waals surface area contributed by atoms with Crippen molar-refractivity contribution in [1.82, 2.24) is 0 Å². The predicted octanol–water partition coefficient (Wildman–Crippen LogP) is 5.54. The molecule has 11 atom stereocenters. The van der Waals surface area contributed by atoms with E-state index in [4.69, 9.17) is 28.4 Å². The van der Waals surface area contributed by atoms with E-state index in [-0.39, 0.29) is 19.4 Å². The average Bonchev–Trinajstić information content (AvgIpc) is 3.28. The zero-order valence-corrected chi connectivity index (χ0v) is 38.0. The predicted molar refractivity (Wildman–Crippen MR) is 238 cm³/mol. The van der Waals surface area contributed by atoms with Gasteiger partial charge in [0.25, 0.3) is 0 Å². The summed E-state index contributed by atoms with van der Waals surface area (Å²) in [6, 6.07) is 0. The number of ether oxygens (including phenoxy) is 6. The molecule has 2 fully saturated rings. The SMILES string of the molecule is CC/C=C\C/C=C\C/C=C\CCCCCC(=O)OC(COC(=O)CCCCCCC/C=C\CCCCCCC)COC1OC(COC2OC(CO)C(O)C(O)C2O)C(O)C(O)C1O. The van der Waals surface area contributed by atoms with Crippen molar-refractivity contribution in [3.05, 3.63) is 48.6 Å². The summed E-state index contributed by atoms with van der Waals surface area (Å²) >= 11 is 0. The van der Waals surface area contributed by atoms with Crippen LogP contribution in [-0.2, 0) is 38.0 Å². The van der Waals surface area contributed by atoms with Crippen molar-refractivity contribution in [3.63, 3.8) is 0 Å². The maximum absolute atomic E-state index is 12.9. The number of allylic oxidation sites excluding steroid dienone is 8. The molecule has 0 bridgehead atoms. The van der Waals surface area contributed by atoms with Crippen LogP contribution in [0.25, 0.3) is 0 Å². The number of unbranched alkanes of at least 4 members (excludes halogenated alkanes) is 13. The minimum Gasteiger partial charge on any atom is -0.462 e. The third-order valence-corrected chi connectivity index (χ3v) is 11.0. The van der Waals surface area contributed by atoms with E-state index in [0.29, 0.717) is 12.8 Å². The topological polar surface area (TPSA) is 231 Å². The molecule has 2 heterocycles. The Labute approximate surface area is 376 Å². The lowest BCUT2D eigenvalue weighted by molar-refractivity contribution is -0.332. The van der Waals surface area contributed by atoms with Crippen LogP contribution in [-0.4, -0.2) is 142 Å². The molecule has 15 heteroatoms. The Bertz CT molecular complexity index is 1290. The van der Waals surface area contributed by atoms with Crippen LogP contribution in [0.2, 0.25) is 0 Å². The molecule has 2 aliphatic heterocycles. The molecule has 0 aromatic carbocycles. The molecule has 2 rings (SSSR count). The Morgan fingerprint density at radius 2 is 1.00 bits per heavy atom. The van der Waals surface area contributed by atoms with Crippen molar-refractivity contribution in [2.24, 2.45) is 0 Å². The molecular weight excluding hydrogens is 817 g/mol. The highest BCUT2D eigenvalue weighted by molar-refractivity contribution is 5.70. The van der Waals surface area contributed by atoms with E-state index >= 15 is 0 Å². The number of carbonyl (C=O) groups is 2. The van der Waals surface area contributed by atoms with E-state index in [1.807, 2.05) is 0 Å². The fourth-order valence-corrected chi connectivity index (χ4v) is 7.11. The first-order valence-electron chi connectivity index (χ1n) is 23.7. The minimum absolute atomic E-state index is 0.127. The molecule has 0 radical (unpaired) electrons. The van der Waals surface area contributed by atoms with E-state index in [9.17, 15) is 45.3 Å². The van der Waals surface area contributed by atoms with Gasteiger partial charge in [0.1, 0.15) is 55.4 Å². The highest BCUT2D eigenvalue weighted by Crippen LogP contribution is 2.26. The van der Waals surface area contributed by atoms with E-state index in [2.05, 4.69) is 62.5 Å². The third-order valence-electron chi connectivity index (χ3n) is 11.0. The zero-order valence-electron chi connectivity index (χ0n) is 38.0. The summed E-state index contributed by atoms with van der Waals surface area (Å²) in [6.45, 7) is 2.40. The maximum Gasteiger partial charge on any atom is 0.306 e. The quantitative estimate of drug-likeness (QED) is 0.0235. The summed E-state index contributed by atoms with van der Waals surface area (Å²) in [4.78, 5) is 25.6. The third kappa shape index (κ3) is 24.5. The summed E-state index contributed by atoms with van der Waals surface area (Å²) in [5, 5.41) is 71.9. The second-order valence-electron chi connectivity index (χ2n) is 16.5. The Hall–Kier alpha value is -2.54. The van der Waals surface area contributed by atoms with E-state index in [1.54, 1.807) is 0 Å². The van der Waals surface area contributed by atoms with Gasteiger partial charge in [0.15, 0.2) is 18.7 Å². The fourth-order valence-electron chi connectivity index (χ4n) is 7.11. The Morgan fingerprint density at radius 1 is 0.524 bits per heavy atom. The lowest BCUT2D eigenvalue weighted by Gasteiger charge is -2.42. The average molecular weight is 899 g/mol. The normalized spacial score (nSPS) is 27.3. The number of hydrogen-bond acceptors (Lipinski definition) is 15. The van der Waals surface area contributed by atoms with Gasteiger partial charge in [-0.2, -0.15) is 0 Å². The molecule has 2 aliphatic rings. The highest BCUT2D eigenvalue weighted by atomic mass is 16.7. The van der Waals surface area contributed by atoms with Crippen molar-refractivity contribution in [1.29, 1.82) is 0 Å². The van der Waals surface area contributed by atoms with Gasteiger partial charge in [0, 0.05) is 12.8 Å². The summed E-state index contributed by atoms with van der Waals surface area (Å²) in [7, 11) is 0. The number of aliphatic hydroxyl groups excluding tert-OH is 7. The molecule has 0 aromatic rings. The lowest BCUT2D eigenvalue weighted by Crippen LogP contribution is -2.61. The first-order chi connectivity index (χ1) is 30.5. The van der Waals surface area contributed by atoms with Crippen molar-refractivity contribution in [2.75, 3.05) is 26.4 Å². The Kier molecular flexibility index (Phi) is 32.1. The number of carbonyl (C=O) groups excluding carboxylic acids is 2.